The third kappa shape index (κ3) is 19.1. The Morgan fingerprint density at radius 3 is 1.54 bits per heavy atom. The molecule has 0 saturated heterocycles. The Labute approximate surface area is 161 Å². The van der Waals surface area contributed by atoms with Gasteiger partial charge >= 0.3 is 0 Å². The standard InChI is InChI=1S/2C8H22OSi2.2CH4/c1-7-8(2)11(5,6)9-10(3)4;1-6-7-8-11(4,5)9-10(2)3;;/h8,10H,7H2,1-6H3;10H,6-8H2,1-5H3;2*1H4. The summed E-state index contributed by atoms with van der Waals surface area (Å²) in [5, 5.41) is 0. The van der Waals surface area contributed by atoms with E-state index in [1.165, 1.54) is 25.3 Å². The predicted octanol–water partition coefficient (Wildman–Crippen LogP) is 7.26. The quantitative estimate of drug-likeness (QED) is 0.371. The largest absolute Gasteiger partial charge is 0.458 e. The van der Waals surface area contributed by atoms with E-state index in [0.29, 0.717) is 0 Å². The minimum absolute atomic E-state index is 0. The van der Waals surface area contributed by atoms with Crippen LogP contribution in [0.2, 0.25) is 64.0 Å². The van der Waals surface area contributed by atoms with E-state index in [2.05, 4.69) is 73.1 Å². The molecule has 0 rings (SSSR count). The summed E-state index contributed by atoms with van der Waals surface area (Å²) in [6.45, 7) is 25.2. The lowest BCUT2D eigenvalue weighted by atomic mass is 10.4. The number of unbranched alkanes of at least 4 members (excludes halogenated alkanes) is 1. The van der Waals surface area contributed by atoms with Crippen LogP contribution in [-0.2, 0) is 8.23 Å². The van der Waals surface area contributed by atoms with Crippen LogP contribution in [0.3, 0.4) is 0 Å². The van der Waals surface area contributed by atoms with Gasteiger partial charge in [-0.1, -0.05) is 54.9 Å². The molecule has 0 spiro atoms. The van der Waals surface area contributed by atoms with E-state index >= 15 is 0 Å². The fourth-order valence-corrected chi connectivity index (χ4v) is 16.1. The molecule has 0 N–H and O–H groups in total. The van der Waals surface area contributed by atoms with Crippen LogP contribution in [0.1, 0.15) is 54.9 Å². The van der Waals surface area contributed by atoms with Gasteiger partial charge in [0.1, 0.15) is 0 Å². The second-order valence-corrected chi connectivity index (χ2v) is 22.4. The lowest BCUT2D eigenvalue weighted by Gasteiger charge is -2.31. The van der Waals surface area contributed by atoms with Crippen LogP contribution in [0.5, 0.6) is 0 Å². The molecule has 2 nitrogen and oxygen atoms in total. The van der Waals surface area contributed by atoms with Gasteiger partial charge in [-0.25, -0.2) is 0 Å². The molecule has 0 bridgehead atoms. The van der Waals surface area contributed by atoms with Gasteiger partial charge in [-0.3, -0.25) is 0 Å². The zero-order valence-electron chi connectivity index (χ0n) is 17.4. The Bertz CT molecular complexity index is 270. The smallest absolute Gasteiger partial charge is 0.176 e. The monoisotopic (exact) mass is 412 g/mol. The summed E-state index contributed by atoms with van der Waals surface area (Å²) in [6, 6.07) is 1.34. The van der Waals surface area contributed by atoms with Gasteiger partial charge in [0.2, 0.25) is 0 Å². The Hall–Kier alpha value is 0.788. The first kappa shape index (κ1) is 32.5. The Morgan fingerprint density at radius 1 is 0.833 bits per heavy atom. The van der Waals surface area contributed by atoms with Crippen molar-refractivity contribution < 1.29 is 8.23 Å². The minimum Gasteiger partial charge on any atom is -0.458 e. The molecule has 1 atom stereocenters. The summed E-state index contributed by atoms with van der Waals surface area (Å²) in [6.07, 6.45) is 3.92. The first-order valence-corrected chi connectivity index (χ1v) is 20.9. The summed E-state index contributed by atoms with van der Waals surface area (Å²) in [5.74, 6) is 0. The van der Waals surface area contributed by atoms with Gasteiger partial charge in [-0.15, -0.1) is 0 Å². The minimum atomic E-state index is -1.31. The van der Waals surface area contributed by atoms with Crippen LogP contribution >= 0.6 is 0 Å². The average Bonchev–Trinajstić information content (AvgIpc) is 2.33. The molecule has 1 unspecified atom stereocenters. The molecule has 24 heavy (non-hydrogen) atoms. The molecule has 152 valence electrons. The number of hydrogen-bond acceptors (Lipinski definition) is 2. The average molecular weight is 413 g/mol. The van der Waals surface area contributed by atoms with Crippen molar-refractivity contribution in [3.63, 3.8) is 0 Å². The van der Waals surface area contributed by atoms with Crippen molar-refractivity contribution in [1.29, 1.82) is 0 Å². The molecule has 0 heterocycles. The van der Waals surface area contributed by atoms with Crippen LogP contribution in [0, 0.1) is 0 Å². The second-order valence-electron chi connectivity index (χ2n) is 8.11. The molecule has 0 radical (unpaired) electrons. The number of rotatable bonds is 9. The molecule has 0 aliphatic rings. The SMILES string of the molecule is C.C.CCC(C)[Si](C)(C)O[SiH](C)C.CCCC[Si](C)(C)O[SiH](C)C. The fourth-order valence-electron chi connectivity index (χ4n) is 2.51. The molecule has 0 amide bonds. The van der Waals surface area contributed by atoms with Crippen LogP contribution in [0.25, 0.3) is 0 Å². The maximum Gasteiger partial charge on any atom is 0.176 e. The summed E-state index contributed by atoms with van der Waals surface area (Å²) in [7, 11) is -4.11. The van der Waals surface area contributed by atoms with Crippen LogP contribution in [-0.4, -0.2) is 34.7 Å². The highest BCUT2D eigenvalue weighted by Gasteiger charge is 2.29. The molecule has 0 saturated carbocycles. The fraction of sp³-hybridized carbons (Fsp3) is 1.00. The third-order valence-electron chi connectivity index (χ3n) is 4.03. The molecule has 6 heteroatoms. The first-order valence-electron chi connectivity index (χ1n) is 9.23. The molecule has 0 aliphatic heterocycles. The van der Waals surface area contributed by atoms with Gasteiger partial charge in [0, 0.05) is 0 Å². The van der Waals surface area contributed by atoms with Crippen LogP contribution < -0.4 is 0 Å². The molecular weight excluding hydrogens is 361 g/mol. The number of hydrogen-bond donors (Lipinski definition) is 0. The molecule has 0 aromatic rings. The zero-order valence-corrected chi connectivity index (χ0v) is 21.7. The van der Waals surface area contributed by atoms with Crippen molar-refractivity contribution in [3.05, 3.63) is 0 Å². The van der Waals surface area contributed by atoms with E-state index < -0.39 is 34.7 Å². The van der Waals surface area contributed by atoms with E-state index in [1.807, 2.05) is 0 Å². The van der Waals surface area contributed by atoms with Crippen LogP contribution in [0.15, 0.2) is 0 Å². The van der Waals surface area contributed by atoms with Gasteiger partial charge in [0.25, 0.3) is 0 Å². The Morgan fingerprint density at radius 2 is 1.25 bits per heavy atom. The van der Waals surface area contributed by atoms with E-state index in [4.69, 9.17) is 8.23 Å². The highest BCUT2D eigenvalue weighted by atomic mass is 28.4. The lowest BCUT2D eigenvalue weighted by molar-refractivity contribution is 0.543. The van der Waals surface area contributed by atoms with E-state index in [1.54, 1.807) is 0 Å². The normalized spacial score (nSPS) is 12.9. The molecule has 0 aliphatic carbocycles. The predicted molar refractivity (Wildman–Crippen MR) is 128 cm³/mol. The third-order valence-corrected chi connectivity index (χ3v) is 17.1. The molecular formula is C18H52O2Si4. The highest BCUT2D eigenvalue weighted by molar-refractivity contribution is 6.79. The van der Waals surface area contributed by atoms with E-state index in [9.17, 15) is 0 Å². The first-order chi connectivity index (χ1) is 9.88. The Balaban J connectivity index is -0.000000154. The van der Waals surface area contributed by atoms with Gasteiger partial charge in [0.05, 0.1) is 0 Å². The molecule has 0 fully saturated rings. The topological polar surface area (TPSA) is 18.5 Å². The second kappa shape index (κ2) is 16.0. The summed E-state index contributed by atoms with van der Waals surface area (Å²) < 4.78 is 12.1. The molecule has 0 aromatic carbocycles. The van der Waals surface area contributed by atoms with Crippen molar-refractivity contribution in [3.8, 4) is 0 Å². The van der Waals surface area contributed by atoms with Crippen molar-refractivity contribution in [1.82, 2.24) is 0 Å². The lowest BCUT2D eigenvalue weighted by Crippen LogP contribution is -2.39. The van der Waals surface area contributed by atoms with Crippen molar-refractivity contribution in [2.45, 2.75) is 119 Å². The van der Waals surface area contributed by atoms with Gasteiger partial charge < -0.3 is 8.23 Å². The summed E-state index contributed by atoms with van der Waals surface area (Å²) >= 11 is 0. The van der Waals surface area contributed by atoms with Gasteiger partial charge in [-0.05, 0) is 64.0 Å². The van der Waals surface area contributed by atoms with Crippen molar-refractivity contribution >= 4 is 34.7 Å². The highest BCUT2D eigenvalue weighted by Crippen LogP contribution is 2.25. The summed E-state index contributed by atoms with van der Waals surface area (Å²) in [4.78, 5) is 0. The Kier molecular flexibility index (Phi) is 21.6. The maximum atomic E-state index is 6.07. The van der Waals surface area contributed by atoms with E-state index in [0.717, 1.165) is 5.54 Å². The van der Waals surface area contributed by atoms with E-state index in [-0.39, 0.29) is 14.9 Å². The maximum absolute atomic E-state index is 6.07. The molecule has 0 aromatic heterocycles. The van der Waals surface area contributed by atoms with Gasteiger partial charge in [0.15, 0.2) is 34.7 Å². The van der Waals surface area contributed by atoms with Crippen molar-refractivity contribution in [2.75, 3.05) is 0 Å². The van der Waals surface area contributed by atoms with Crippen LogP contribution in [0.4, 0.5) is 0 Å². The van der Waals surface area contributed by atoms with Gasteiger partial charge in [-0.2, -0.15) is 0 Å². The van der Waals surface area contributed by atoms with Crippen molar-refractivity contribution in [2.24, 2.45) is 0 Å². The zero-order chi connectivity index (χ0) is 18.0. The summed E-state index contributed by atoms with van der Waals surface area (Å²) in [5.41, 5.74) is 0.803.